The van der Waals surface area contributed by atoms with E-state index >= 15 is 0 Å². The molecule has 2 aromatic carbocycles. The minimum absolute atomic E-state index is 0.211. The van der Waals surface area contributed by atoms with Crippen LogP contribution in [0.2, 0.25) is 5.02 Å². The third-order valence-corrected chi connectivity index (χ3v) is 10.5. The molecule has 1 aliphatic carbocycles. The number of aromatic nitrogens is 4. The van der Waals surface area contributed by atoms with Gasteiger partial charge in [0.05, 0.1) is 51.3 Å². The van der Waals surface area contributed by atoms with Gasteiger partial charge in [0.25, 0.3) is 11.8 Å². The van der Waals surface area contributed by atoms with Gasteiger partial charge in [-0.2, -0.15) is 5.10 Å². The van der Waals surface area contributed by atoms with Crippen LogP contribution in [0.5, 0.6) is 5.75 Å². The van der Waals surface area contributed by atoms with E-state index in [1.54, 1.807) is 72.2 Å². The summed E-state index contributed by atoms with van der Waals surface area (Å²) in [7, 11) is -3.35. The molecular formula is C36H35ClN6O5S. The number of benzene rings is 2. The molecule has 0 spiro atoms. The van der Waals surface area contributed by atoms with Crippen molar-refractivity contribution in [2.75, 3.05) is 11.2 Å². The van der Waals surface area contributed by atoms with Crippen molar-refractivity contribution < 1.29 is 22.7 Å². The molecule has 3 aromatic heterocycles. The van der Waals surface area contributed by atoms with Crippen molar-refractivity contribution in [3.63, 3.8) is 0 Å². The number of sulfone groups is 1. The molecule has 2 amide bonds. The molecule has 0 radical (unpaired) electrons. The number of halogens is 1. The van der Waals surface area contributed by atoms with Gasteiger partial charge in [0, 0.05) is 23.4 Å². The van der Waals surface area contributed by atoms with Crippen LogP contribution in [-0.4, -0.2) is 51.8 Å². The Bertz CT molecular complexity index is 2250. The monoisotopic (exact) mass is 698 g/mol. The van der Waals surface area contributed by atoms with Crippen molar-refractivity contribution in [2.24, 2.45) is 11.7 Å². The van der Waals surface area contributed by atoms with Crippen molar-refractivity contribution in [3.8, 4) is 16.9 Å². The van der Waals surface area contributed by atoms with Gasteiger partial charge in [-0.15, -0.1) is 0 Å². The van der Waals surface area contributed by atoms with E-state index in [9.17, 15) is 18.0 Å². The van der Waals surface area contributed by atoms with Crippen molar-refractivity contribution in [1.82, 2.24) is 19.7 Å². The Kier molecular flexibility index (Phi) is 7.98. The zero-order valence-electron chi connectivity index (χ0n) is 27.5. The standard InChI is InChI=1S/C36H35ClN6O5S/c1-20(22-7-12-26(13-8-22)49(4,46)47)43-34-27(18-40-43)31(32(33(38)44)28(41-34)15-21-5-6-21)23-9-14-29-30(16-23)48-36(2,3)35(45)42(29)19-25-11-10-24(37)17-39-25/h7-14,16-18,20-21H,5-6,15,19H2,1-4H3,(H2,38,44). The smallest absolute Gasteiger partial charge is 0.271 e. The second kappa shape index (κ2) is 12.0. The number of hydrogen-bond acceptors (Lipinski definition) is 8. The fraction of sp³-hybridized carbons (Fsp3) is 0.306. The predicted molar refractivity (Wildman–Crippen MR) is 186 cm³/mol. The number of primary amides is 1. The first-order valence-electron chi connectivity index (χ1n) is 16.0. The van der Waals surface area contributed by atoms with Crippen molar-refractivity contribution in [3.05, 3.63) is 94.5 Å². The summed E-state index contributed by atoms with van der Waals surface area (Å²) in [6.07, 6.45) is 7.08. The van der Waals surface area contributed by atoms with E-state index in [2.05, 4.69) is 4.98 Å². The second-order valence-electron chi connectivity index (χ2n) is 13.3. The van der Waals surface area contributed by atoms with Gasteiger partial charge in [-0.1, -0.05) is 29.8 Å². The van der Waals surface area contributed by atoms with Crippen molar-refractivity contribution >= 4 is 50.0 Å². The molecule has 0 bridgehead atoms. The fourth-order valence-electron chi connectivity index (χ4n) is 6.38. The van der Waals surface area contributed by atoms with E-state index in [0.29, 0.717) is 67.9 Å². The summed E-state index contributed by atoms with van der Waals surface area (Å²) in [6.45, 7) is 5.60. The molecule has 0 saturated heterocycles. The Morgan fingerprint density at radius 2 is 1.84 bits per heavy atom. The number of carbonyl (C=O) groups excluding carboxylic acids is 2. The van der Waals surface area contributed by atoms with Gasteiger partial charge in [-0.3, -0.25) is 19.5 Å². The first-order chi connectivity index (χ1) is 23.2. The van der Waals surface area contributed by atoms with Crippen LogP contribution in [0.25, 0.3) is 22.2 Å². The summed E-state index contributed by atoms with van der Waals surface area (Å²) in [5.74, 6) is 0.0517. The summed E-state index contributed by atoms with van der Waals surface area (Å²) in [6, 6.07) is 15.4. The molecule has 1 unspecified atom stereocenters. The first-order valence-corrected chi connectivity index (χ1v) is 18.2. The summed E-state index contributed by atoms with van der Waals surface area (Å²) in [5, 5.41) is 5.86. The molecule has 49 heavy (non-hydrogen) atoms. The van der Waals surface area contributed by atoms with Crippen molar-refractivity contribution in [2.45, 2.75) is 63.1 Å². The number of ether oxygens (including phenoxy) is 1. The quantitative estimate of drug-likeness (QED) is 0.199. The average Bonchev–Trinajstić information content (AvgIpc) is 3.77. The lowest BCUT2D eigenvalue weighted by Crippen LogP contribution is -2.52. The summed E-state index contributed by atoms with van der Waals surface area (Å²) >= 11 is 6.05. The van der Waals surface area contributed by atoms with Gasteiger partial charge in [0.1, 0.15) is 5.75 Å². The normalized spacial score (nSPS) is 16.3. The largest absolute Gasteiger partial charge is 0.476 e. The zero-order valence-corrected chi connectivity index (χ0v) is 29.0. The Hall–Kier alpha value is -4.81. The maximum absolute atomic E-state index is 13.6. The molecule has 7 rings (SSSR count). The van der Waals surface area contributed by atoms with E-state index in [1.807, 2.05) is 25.1 Å². The second-order valence-corrected chi connectivity index (χ2v) is 15.8. The number of pyridine rings is 2. The van der Waals surface area contributed by atoms with Crippen LogP contribution in [0.4, 0.5) is 5.69 Å². The van der Waals surface area contributed by atoms with E-state index in [1.165, 1.54) is 6.26 Å². The van der Waals surface area contributed by atoms with Crippen LogP contribution in [0, 0.1) is 5.92 Å². The molecule has 4 heterocycles. The number of fused-ring (bicyclic) bond motifs is 2. The van der Waals surface area contributed by atoms with Crippen LogP contribution in [0.3, 0.4) is 0 Å². The Morgan fingerprint density at radius 1 is 1.10 bits per heavy atom. The molecule has 2 N–H and O–H groups in total. The summed E-state index contributed by atoms with van der Waals surface area (Å²) in [5.41, 5.74) is 9.75. The summed E-state index contributed by atoms with van der Waals surface area (Å²) in [4.78, 5) is 38.1. The molecule has 13 heteroatoms. The minimum Gasteiger partial charge on any atom is -0.476 e. The lowest BCUT2D eigenvalue weighted by molar-refractivity contribution is -0.132. The Labute approximate surface area is 289 Å². The van der Waals surface area contributed by atoms with Crippen LogP contribution in [-0.2, 0) is 27.6 Å². The first kappa shape index (κ1) is 32.7. The summed E-state index contributed by atoms with van der Waals surface area (Å²) < 4.78 is 32.2. The number of amides is 2. The number of anilines is 1. The topological polar surface area (TPSA) is 150 Å². The van der Waals surface area contributed by atoms with Crippen LogP contribution < -0.4 is 15.4 Å². The van der Waals surface area contributed by atoms with Gasteiger partial charge in [0.15, 0.2) is 21.1 Å². The average molecular weight is 699 g/mol. The molecular weight excluding hydrogens is 664 g/mol. The number of hydrogen-bond donors (Lipinski definition) is 1. The fourth-order valence-corrected chi connectivity index (χ4v) is 7.12. The van der Waals surface area contributed by atoms with E-state index in [0.717, 1.165) is 18.4 Å². The Balaban J connectivity index is 1.37. The number of carbonyl (C=O) groups is 2. The molecule has 1 atom stereocenters. The van der Waals surface area contributed by atoms with Gasteiger partial charge < -0.3 is 10.5 Å². The highest BCUT2D eigenvalue weighted by atomic mass is 35.5. The lowest BCUT2D eigenvalue weighted by atomic mass is 9.92. The molecule has 5 aromatic rings. The molecule has 1 aliphatic heterocycles. The van der Waals surface area contributed by atoms with Crippen LogP contribution >= 0.6 is 11.6 Å². The van der Waals surface area contributed by atoms with Gasteiger partial charge in [-0.25, -0.2) is 18.1 Å². The van der Waals surface area contributed by atoms with Crippen molar-refractivity contribution in [1.29, 1.82) is 0 Å². The maximum atomic E-state index is 13.6. The third kappa shape index (κ3) is 6.15. The highest BCUT2D eigenvalue weighted by Crippen LogP contribution is 2.44. The van der Waals surface area contributed by atoms with E-state index in [4.69, 9.17) is 32.2 Å². The number of rotatable bonds is 9. The molecule has 1 fully saturated rings. The number of nitrogens with zero attached hydrogens (tertiary/aromatic N) is 5. The Morgan fingerprint density at radius 3 is 2.47 bits per heavy atom. The number of nitrogens with two attached hydrogens (primary N) is 1. The van der Waals surface area contributed by atoms with E-state index < -0.39 is 21.3 Å². The minimum atomic E-state index is -3.35. The zero-order chi connectivity index (χ0) is 34.8. The predicted octanol–water partition coefficient (Wildman–Crippen LogP) is 5.92. The highest BCUT2D eigenvalue weighted by Gasteiger charge is 2.41. The van der Waals surface area contributed by atoms with Crippen LogP contribution in [0.1, 0.15) is 67.0 Å². The highest BCUT2D eigenvalue weighted by molar-refractivity contribution is 7.90. The maximum Gasteiger partial charge on any atom is 0.271 e. The van der Waals surface area contributed by atoms with Gasteiger partial charge >= 0.3 is 0 Å². The SMILES string of the molecule is CC(c1ccc(S(C)(=O)=O)cc1)n1ncc2c(-c3ccc4c(c3)OC(C)(C)C(=O)N4Cc3ccc(Cl)cn3)c(C(N)=O)c(CC3CC3)nc21. The van der Waals surface area contributed by atoms with E-state index in [-0.39, 0.29) is 23.4 Å². The van der Waals surface area contributed by atoms with Crippen LogP contribution in [0.15, 0.2) is 71.9 Å². The third-order valence-electron chi connectivity index (χ3n) is 9.17. The molecule has 2 aliphatic rings. The molecule has 252 valence electrons. The molecule has 11 nitrogen and oxygen atoms in total. The van der Waals surface area contributed by atoms with Gasteiger partial charge in [0.2, 0.25) is 0 Å². The molecule has 1 saturated carbocycles. The van der Waals surface area contributed by atoms with Gasteiger partial charge in [-0.05, 0) is 93.5 Å². The lowest BCUT2D eigenvalue weighted by Gasteiger charge is -2.39.